The zero-order valence-corrected chi connectivity index (χ0v) is 19.7. The Balaban J connectivity index is 2.10. The third kappa shape index (κ3) is 4.41. The van der Waals surface area contributed by atoms with Crippen LogP contribution < -0.4 is 4.31 Å². The molecule has 8 nitrogen and oxygen atoms in total. The van der Waals surface area contributed by atoms with Crippen LogP contribution in [0, 0.1) is 0 Å². The zero-order chi connectivity index (χ0) is 24.5. The van der Waals surface area contributed by atoms with Crippen molar-refractivity contribution in [1.29, 1.82) is 0 Å². The summed E-state index contributed by atoms with van der Waals surface area (Å²) in [6.07, 6.45) is 0. The van der Waals surface area contributed by atoms with Crippen molar-refractivity contribution in [2.45, 2.75) is 38.5 Å². The first-order chi connectivity index (χ1) is 15.5. The lowest BCUT2D eigenvalue weighted by molar-refractivity contribution is 0.0526. The Hall–Kier alpha value is -3.46. The number of hydrogen-bond acceptors (Lipinski definition) is 7. The molecule has 0 spiro atoms. The average Bonchev–Trinajstić information content (AvgIpc) is 2.77. The van der Waals surface area contributed by atoms with Gasteiger partial charge in [-0.15, -0.1) is 0 Å². The first kappa shape index (κ1) is 24.2. The lowest BCUT2D eigenvalue weighted by Gasteiger charge is -2.25. The third-order valence-corrected chi connectivity index (χ3v) is 7.26. The predicted octanol–water partition coefficient (Wildman–Crippen LogP) is 4.47. The minimum atomic E-state index is -4.29. The van der Waals surface area contributed by atoms with Crippen LogP contribution >= 0.6 is 0 Å². The van der Waals surface area contributed by atoms with E-state index in [1.165, 1.54) is 6.07 Å². The van der Waals surface area contributed by atoms with Crippen molar-refractivity contribution in [2.75, 3.05) is 17.5 Å². The van der Waals surface area contributed by atoms with Crippen LogP contribution in [0.2, 0.25) is 0 Å². The van der Waals surface area contributed by atoms with Gasteiger partial charge in [-0.3, -0.25) is 4.31 Å². The van der Waals surface area contributed by atoms with Gasteiger partial charge < -0.3 is 20.1 Å². The molecule has 176 valence electrons. The minimum absolute atomic E-state index is 0.0485. The van der Waals surface area contributed by atoms with Gasteiger partial charge >= 0.3 is 5.97 Å². The van der Waals surface area contributed by atoms with Gasteiger partial charge in [0, 0.05) is 12.1 Å². The summed E-state index contributed by atoms with van der Waals surface area (Å²) in [5, 5.41) is 32.0. The van der Waals surface area contributed by atoms with Crippen molar-refractivity contribution in [1.82, 2.24) is 0 Å². The molecule has 0 aliphatic heterocycles. The first-order valence-corrected chi connectivity index (χ1v) is 12.0. The molecule has 0 aliphatic carbocycles. The highest BCUT2D eigenvalue weighted by atomic mass is 32.2. The highest BCUT2D eigenvalue weighted by molar-refractivity contribution is 7.93. The highest BCUT2D eigenvalue weighted by Gasteiger charge is 2.31. The van der Waals surface area contributed by atoms with Gasteiger partial charge in [-0.05, 0) is 60.9 Å². The van der Waals surface area contributed by atoms with Crippen LogP contribution in [0.4, 0.5) is 5.69 Å². The van der Waals surface area contributed by atoms with E-state index in [2.05, 4.69) is 0 Å². The van der Waals surface area contributed by atoms with E-state index in [9.17, 15) is 28.5 Å². The number of sulfonamides is 1. The second-order valence-electron chi connectivity index (χ2n) is 7.80. The molecule has 0 saturated carbocycles. The zero-order valence-electron chi connectivity index (χ0n) is 18.9. The fourth-order valence-corrected chi connectivity index (χ4v) is 5.21. The number of rotatable bonds is 7. The van der Waals surface area contributed by atoms with Crippen LogP contribution in [-0.4, -0.2) is 42.9 Å². The van der Waals surface area contributed by atoms with Crippen molar-refractivity contribution in [3.63, 3.8) is 0 Å². The van der Waals surface area contributed by atoms with Crippen LogP contribution in [0.1, 0.15) is 49.5 Å². The number of phenols is 3. The molecule has 3 aromatic carbocycles. The second-order valence-corrected chi connectivity index (χ2v) is 9.63. The average molecular weight is 474 g/mol. The standard InChI is InChI=1S/C24H27NO7S/c1-5-25(33(30,31)20-13-19(14(3)4)21(26)23(28)22(20)27)18-10-9-15-11-17(24(29)32-6-2)8-7-16(15)12-18/h7-14,26-28H,5-6H2,1-4H3. The smallest absolute Gasteiger partial charge is 0.338 e. The summed E-state index contributed by atoms with van der Waals surface area (Å²) < 4.78 is 33.1. The maximum absolute atomic E-state index is 13.5. The van der Waals surface area contributed by atoms with E-state index >= 15 is 0 Å². The number of esters is 1. The Morgan fingerprint density at radius 1 is 0.939 bits per heavy atom. The fourth-order valence-electron chi connectivity index (χ4n) is 3.62. The molecule has 0 amide bonds. The second kappa shape index (κ2) is 9.19. The fraction of sp³-hybridized carbons (Fsp3) is 0.292. The van der Waals surface area contributed by atoms with Crippen molar-refractivity contribution in [3.8, 4) is 17.2 Å². The maximum atomic E-state index is 13.5. The minimum Gasteiger partial charge on any atom is -0.504 e. The van der Waals surface area contributed by atoms with Gasteiger partial charge in [0.05, 0.1) is 17.9 Å². The number of carbonyl (C=O) groups is 1. The van der Waals surface area contributed by atoms with E-state index in [4.69, 9.17) is 4.74 Å². The van der Waals surface area contributed by atoms with Crippen LogP contribution in [-0.2, 0) is 14.8 Å². The third-order valence-electron chi connectivity index (χ3n) is 5.34. The largest absolute Gasteiger partial charge is 0.504 e. The molecular formula is C24H27NO7S. The number of carbonyl (C=O) groups excluding carboxylic acids is 1. The van der Waals surface area contributed by atoms with Crippen molar-refractivity contribution >= 4 is 32.5 Å². The van der Waals surface area contributed by atoms with Crippen LogP contribution in [0.15, 0.2) is 47.4 Å². The Kier molecular flexibility index (Phi) is 6.73. The molecule has 0 aliphatic rings. The lowest BCUT2D eigenvalue weighted by atomic mass is 10.0. The molecule has 0 fully saturated rings. The van der Waals surface area contributed by atoms with E-state index in [1.807, 2.05) is 0 Å². The quantitative estimate of drug-likeness (QED) is 0.341. The predicted molar refractivity (Wildman–Crippen MR) is 126 cm³/mol. The summed E-state index contributed by atoms with van der Waals surface area (Å²) in [5.41, 5.74) is 0.930. The topological polar surface area (TPSA) is 124 Å². The lowest BCUT2D eigenvalue weighted by Crippen LogP contribution is -2.31. The molecule has 3 N–H and O–H groups in total. The van der Waals surface area contributed by atoms with Gasteiger partial charge in [-0.1, -0.05) is 26.0 Å². The van der Waals surface area contributed by atoms with Gasteiger partial charge in [-0.25, -0.2) is 13.2 Å². The number of phenolic OH excluding ortho intramolecular Hbond substituents is 3. The number of nitrogens with zero attached hydrogens (tertiary/aromatic N) is 1. The van der Waals surface area contributed by atoms with Crippen molar-refractivity contribution in [2.24, 2.45) is 0 Å². The number of benzene rings is 3. The number of hydrogen-bond donors (Lipinski definition) is 3. The molecule has 3 rings (SSSR count). The van der Waals surface area contributed by atoms with Crippen molar-refractivity contribution in [3.05, 3.63) is 53.6 Å². The van der Waals surface area contributed by atoms with Crippen LogP contribution in [0.25, 0.3) is 10.8 Å². The summed E-state index contributed by atoms with van der Waals surface area (Å²) in [7, 11) is -4.29. The number of aromatic hydroxyl groups is 3. The number of anilines is 1. The molecule has 9 heteroatoms. The molecule has 0 saturated heterocycles. The summed E-state index contributed by atoms with van der Waals surface area (Å²) >= 11 is 0. The molecule has 0 heterocycles. The molecule has 0 aromatic heterocycles. The van der Waals surface area contributed by atoms with E-state index in [1.54, 1.807) is 64.1 Å². The maximum Gasteiger partial charge on any atom is 0.338 e. The van der Waals surface area contributed by atoms with Gasteiger partial charge in [0.2, 0.25) is 5.75 Å². The molecular weight excluding hydrogens is 446 g/mol. The van der Waals surface area contributed by atoms with Gasteiger partial charge in [0.25, 0.3) is 10.0 Å². The van der Waals surface area contributed by atoms with Gasteiger partial charge in [0.15, 0.2) is 11.5 Å². The monoisotopic (exact) mass is 473 g/mol. The Morgan fingerprint density at radius 2 is 1.58 bits per heavy atom. The molecule has 0 bridgehead atoms. The first-order valence-electron chi connectivity index (χ1n) is 10.5. The van der Waals surface area contributed by atoms with E-state index in [-0.39, 0.29) is 24.6 Å². The van der Waals surface area contributed by atoms with Crippen LogP contribution in [0.3, 0.4) is 0 Å². The Bertz CT molecular complexity index is 1320. The molecule has 3 aromatic rings. The van der Waals surface area contributed by atoms with Crippen LogP contribution in [0.5, 0.6) is 17.2 Å². The number of ether oxygens (including phenoxy) is 1. The molecule has 0 unspecified atom stereocenters. The van der Waals surface area contributed by atoms with E-state index < -0.39 is 38.1 Å². The molecule has 0 radical (unpaired) electrons. The van der Waals surface area contributed by atoms with Gasteiger partial charge in [-0.2, -0.15) is 0 Å². The van der Waals surface area contributed by atoms with E-state index in [0.29, 0.717) is 16.6 Å². The van der Waals surface area contributed by atoms with Gasteiger partial charge in [0.1, 0.15) is 4.90 Å². The summed E-state index contributed by atoms with van der Waals surface area (Å²) in [5.74, 6) is -3.07. The molecule has 0 atom stereocenters. The SMILES string of the molecule is CCOC(=O)c1ccc2cc(N(CC)S(=O)(=O)c3cc(C(C)C)c(O)c(O)c3O)ccc2c1. The summed E-state index contributed by atoms with van der Waals surface area (Å²) in [6.45, 7) is 7.14. The normalized spacial score (nSPS) is 11.7. The number of fused-ring (bicyclic) bond motifs is 1. The molecule has 33 heavy (non-hydrogen) atoms. The van der Waals surface area contributed by atoms with Crippen molar-refractivity contribution < 1.29 is 33.3 Å². The summed E-state index contributed by atoms with van der Waals surface area (Å²) in [4.78, 5) is 11.5. The Morgan fingerprint density at radius 3 is 2.18 bits per heavy atom. The van der Waals surface area contributed by atoms with E-state index in [0.717, 1.165) is 9.69 Å². The summed E-state index contributed by atoms with van der Waals surface area (Å²) in [6, 6.07) is 11.1. The Labute approximate surface area is 192 Å². The highest BCUT2D eigenvalue weighted by Crippen LogP contribution is 2.45.